The Labute approximate surface area is 147 Å². The molecule has 0 aliphatic carbocycles. The summed E-state index contributed by atoms with van der Waals surface area (Å²) in [7, 11) is 0. The van der Waals surface area contributed by atoms with E-state index in [1.165, 1.54) is 11.0 Å². The quantitative estimate of drug-likeness (QED) is 0.334. The van der Waals surface area contributed by atoms with E-state index in [1.807, 2.05) is 0 Å². The molecule has 0 aromatic carbocycles. The molecule has 3 atom stereocenters. The smallest absolute Gasteiger partial charge is 0.411 e. The van der Waals surface area contributed by atoms with Crippen LogP contribution in [0.1, 0.15) is 34.6 Å². The zero-order valence-corrected chi connectivity index (χ0v) is 15.3. The molecule has 2 rings (SSSR count). The van der Waals surface area contributed by atoms with Crippen molar-refractivity contribution in [3.05, 3.63) is 23.8 Å². The lowest BCUT2D eigenvalue weighted by molar-refractivity contribution is -0.147. The highest BCUT2D eigenvalue weighted by atomic mass is 16.6. The van der Waals surface area contributed by atoms with Gasteiger partial charge in [-0.05, 0) is 40.2 Å². The van der Waals surface area contributed by atoms with E-state index < -0.39 is 41.6 Å². The van der Waals surface area contributed by atoms with Gasteiger partial charge in [0.2, 0.25) is 0 Å². The van der Waals surface area contributed by atoms with Crippen LogP contribution in [0.25, 0.3) is 0 Å². The van der Waals surface area contributed by atoms with Crippen LogP contribution < -0.4 is 0 Å². The number of nitrogens with zero attached hydrogens (tertiary/aromatic N) is 1. The van der Waals surface area contributed by atoms with Gasteiger partial charge in [-0.2, -0.15) is 0 Å². The second-order valence-corrected chi connectivity index (χ2v) is 6.83. The van der Waals surface area contributed by atoms with Gasteiger partial charge in [0.25, 0.3) is 0 Å². The van der Waals surface area contributed by atoms with E-state index in [0.717, 1.165) is 0 Å². The van der Waals surface area contributed by atoms with Crippen LogP contribution in [0.3, 0.4) is 0 Å². The molecule has 0 radical (unpaired) electrons. The Balaban J connectivity index is 2.34. The SMILES string of the molecule is CCOC(=O)C=C1[C@H](C(=O)OCC)[C@@H]2C=C[C@H]1N2C(=O)OC(C)(C)C. The van der Waals surface area contributed by atoms with Crippen LogP contribution in [0.2, 0.25) is 0 Å². The Hall–Kier alpha value is -2.31. The summed E-state index contributed by atoms with van der Waals surface area (Å²) < 4.78 is 15.5. The fourth-order valence-electron chi connectivity index (χ4n) is 3.07. The molecule has 0 spiro atoms. The van der Waals surface area contributed by atoms with E-state index in [2.05, 4.69) is 0 Å². The maximum absolute atomic E-state index is 12.6. The van der Waals surface area contributed by atoms with Gasteiger partial charge in [0, 0.05) is 6.08 Å². The van der Waals surface area contributed by atoms with Crippen molar-refractivity contribution in [2.75, 3.05) is 13.2 Å². The molecule has 138 valence electrons. The van der Waals surface area contributed by atoms with Crippen molar-refractivity contribution in [3.8, 4) is 0 Å². The summed E-state index contributed by atoms with van der Waals surface area (Å²) >= 11 is 0. The van der Waals surface area contributed by atoms with Crippen molar-refractivity contribution in [2.24, 2.45) is 5.92 Å². The predicted molar refractivity (Wildman–Crippen MR) is 89.6 cm³/mol. The van der Waals surface area contributed by atoms with Crippen molar-refractivity contribution in [2.45, 2.75) is 52.3 Å². The number of carbonyl (C=O) groups is 3. The fourth-order valence-corrected chi connectivity index (χ4v) is 3.07. The third-order valence-electron chi connectivity index (χ3n) is 3.87. The maximum atomic E-state index is 12.6. The zero-order chi connectivity index (χ0) is 18.8. The van der Waals surface area contributed by atoms with E-state index in [0.29, 0.717) is 5.57 Å². The van der Waals surface area contributed by atoms with Gasteiger partial charge in [-0.1, -0.05) is 12.2 Å². The molecule has 1 fully saturated rings. The molecule has 2 aliphatic rings. The van der Waals surface area contributed by atoms with E-state index in [4.69, 9.17) is 14.2 Å². The van der Waals surface area contributed by atoms with Gasteiger partial charge in [0.15, 0.2) is 0 Å². The lowest BCUT2D eigenvalue weighted by atomic mass is 9.88. The van der Waals surface area contributed by atoms with Crippen LogP contribution in [0, 0.1) is 5.92 Å². The lowest BCUT2D eigenvalue weighted by Gasteiger charge is -2.27. The van der Waals surface area contributed by atoms with E-state index in [-0.39, 0.29) is 13.2 Å². The van der Waals surface area contributed by atoms with Gasteiger partial charge in [-0.3, -0.25) is 9.69 Å². The summed E-state index contributed by atoms with van der Waals surface area (Å²) in [4.78, 5) is 38.4. The Bertz CT molecular complexity index is 616. The van der Waals surface area contributed by atoms with E-state index in [9.17, 15) is 14.4 Å². The number of ether oxygens (including phenoxy) is 3. The van der Waals surface area contributed by atoms with Crippen LogP contribution in [0.15, 0.2) is 23.8 Å². The highest BCUT2D eigenvalue weighted by molar-refractivity contribution is 5.89. The fraction of sp³-hybridized carbons (Fsp3) is 0.611. The molecule has 0 N–H and O–H groups in total. The van der Waals surface area contributed by atoms with Gasteiger partial charge in [0.1, 0.15) is 11.5 Å². The number of hydrogen-bond acceptors (Lipinski definition) is 6. The molecule has 1 saturated heterocycles. The van der Waals surface area contributed by atoms with Crippen LogP contribution >= 0.6 is 0 Å². The second-order valence-electron chi connectivity index (χ2n) is 6.83. The zero-order valence-electron chi connectivity index (χ0n) is 15.3. The number of fused-ring (bicyclic) bond motifs is 2. The lowest BCUT2D eigenvalue weighted by Crippen LogP contribution is -2.42. The number of carbonyl (C=O) groups excluding carboxylic acids is 3. The summed E-state index contributed by atoms with van der Waals surface area (Å²) in [5.41, 5.74) is -0.168. The van der Waals surface area contributed by atoms with Crippen molar-refractivity contribution >= 4 is 18.0 Å². The minimum atomic E-state index is -0.730. The van der Waals surface area contributed by atoms with Crippen molar-refractivity contribution in [3.63, 3.8) is 0 Å². The van der Waals surface area contributed by atoms with E-state index in [1.54, 1.807) is 46.8 Å². The van der Waals surface area contributed by atoms with Crippen LogP contribution in [-0.4, -0.2) is 53.8 Å². The third kappa shape index (κ3) is 4.03. The molecule has 2 heterocycles. The molecular formula is C18H25NO6. The number of rotatable bonds is 4. The van der Waals surface area contributed by atoms with Gasteiger partial charge >= 0.3 is 18.0 Å². The number of esters is 2. The minimum absolute atomic E-state index is 0.218. The number of amides is 1. The van der Waals surface area contributed by atoms with Crippen LogP contribution in [-0.2, 0) is 23.8 Å². The minimum Gasteiger partial charge on any atom is -0.465 e. The molecule has 2 aliphatic heterocycles. The molecule has 7 nitrogen and oxygen atoms in total. The summed E-state index contributed by atoms with van der Waals surface area (Å²) in [5.74, 6) is -1.74. The maximum Gasteiger partial charge on any atom is 0.411 e. The molecule has 0 saturated carbocycles. The average Bonchev–Trinajstić information content (AvgIpc) is 3.01. The Kier molecular flexibility index (Phi) is 5.55. The first kappa shape index (κ1) is 19.0. The van der Waals surface area contributed by atoms with Crippen molar-refractivity contribution in [1.82, 2.24) is 4.90 Å². The van der Waals surface area contributed by atoms with E-state index >= 15 is 0 Å². The first-order valence-corrected chi connectivity index (χ1v) is 8.44. The molecule has 0 aromatic rings. The molecule has 0 aromatic heterocycles. The topological polar surface area (TPSA) is 82.1 Å². The third-order valence-corrected chi connectivity index (χ3v) is 3.87. The van der Waals surface area contributed by atoms with Gasteiger partial charge in [-0.15, -0.1) is 0 Å². The summed E-state index contributed by atoms with van der Waals surface area (Å²) in [6.07, 6.45) is 4.32. The van der Waals surface area contributed by atoms with Crippen LogP contribution in [0.4, 0.5) is 4.79 Å². The van der Waals surface area contributed by atoms with Gasteiger partial charge in [-0.25, -0.2) is 9.59 Å². The van der Waals surface area contributed by atoms with Crippen molar-refractivity contribution < 1.29 is 28.6 Å². The molecule has 0 unspecified atom stereocenters. The molecule has 7 heteroatoms. The molecule has 2 bridgehead atoms. The predicted octanol–water partition coefficient (Wildman–Crippen LogP) is 2.21. The molecule has 1 amide bonds. The summed E-state index contributed by atoms with van der Waals surface area (Å²) in [6.45, 7) is 9.17. The average molecular weight is 351 g/mol. The Morgan fingerprint density at radius 3 is 2.32 bits per heavy atom. The second kappa shape index (κ2) is 7.29. The van der Waals surface area contributed by atoms with Gasteiger partial charge < -0.3 is 14.2 Å². The first-order chi connectivity index (χ1) is 11.7. The summed E-state index contributed by atoms with van der Waals surface area (Å²) in [6, 6.07) is -1.04. The highest BCUT2D eigenvalue weighted by Gasteiger charge is 2.53. The molecular weight excluding hydrogens is 326 g/mol. The van der Waals surface area contributed by atoms with Crippen molar-refractivity contribution in [1.29, 1.82) is 0 Å². The largest absolute Gasteiger partial charge is 0.465 e. The monoisotopic (exact) mass is 351 g/mol. The van der Waals surface area contributed by atoms with Gasteiger partial charge in [0.05, 0.1) is 25.3 Å². The Morgan fingerprint density at radius 2 is 1.76 bits per heavy atom. The summed E-state index contributed by atoms with van der Waals surface area (Å²) in [5, 5.41) is 0. The van der Waals surface area contributed by atoms with Crippen LogP contribution in [0.5, 0.6) is 0 Å². The highest BCUT2D eigenvalue weighted by Crippen LogP contribution is 2.42. The normalized spacial score (nSPS) is 26.0. The first-order valence-electron chi connectivity index (χ1n) is 8.44. The standard InChI is InChI=1S/C18H25NO6/c1-6-23-14(20)10-11-12-8-9-13(15(11)16(21)24-7-2)19(12)17(22)25-18(3,4)5/h8-10,12-13,15H,6-7H2,1-5H3/t12-,13+,15+/m1/s1. The Morgan fingerprint density at radius 1 is 1.12 bits per heavy atom. The number of hydrogen-bond donors (Lipinski definition) is 0. The molecule has 25 heavy (non-hydrogen) atoms.